The number of anilines is 1. The molecule has 0 bridgehead atoms. The van der Waals surface area contributed by atoms with E-state index >= 15 is 0 Å². The third-order valence-corrected chi connectivity index (χ3v) is 4.34. The summed E-state index contributed by atoms with van der Waals surface area (Å²) in [4.78, 5) is 36.3. The van der Waals surface area contributed by atoms with Gasteiger partial charge in [0.05, 0.1) is 25.3 Å². The van der Waals surface area contributed by atoms with Crippen molar-refractivity contribution in [2.45, 2.75) is 6.73 Å². The number of methoxy groups -OCH3 is 2. The van der Waals surface area contributed by atoms with E-state index < -0.39 is 17.8 Å². The first kappa shape index (κ1) is 21.8. The Labute approximate surface area is 182 Å². The molecule has 2 aromatic carbocycles. The van der Waals surface area contributed by atoms with Crippen molar-refractivity contribution in [3.63, 3.8) is 0 Å². The molecule has 0 unspecified atom stereocenters. The SMILES string of the molecule is COC(=O)c1cc(NC(=O)c2ccn(COc3ccc(Cl)cc3)n2)cc(C(=O)OC)c1. The van der Waals surface area contributed by atoms with Crippen molar-refractivity contribution in [3.05, 3.63) is 76.6 Å². The molecule has 160 valence electrons. The van der Waals surface area contributed by atoms with E-state index in [1.54, 1.807) is 30.5 Å². The highest BCUT2D eigenvalue weighted by atomic mass is 35.5. The van der Waals surface area contributed by atoms with Gasteiger partial charge in [-0.2, -0.15) is 5.10 Å². The Hall–Kier alpha value is -3.85. The highest BCUT2D eigenvalue weighted by molar-refractivity contribution is 6.30. The number of benzene rings is 2. The molecule has 3 aromatic rings. The number of halogens is 1. The van der Waals surface area contributed by atoms with Gasteiger partial charge in [-0.25, -0.2) is 14.3 Å². The summed E-state index contributed by atoms with van der Waals surface area (Å²) in [5, 5.41) is 7.36. The summed E-state index contributed by atoms with van der Waals surface area (Å²) in [7, 11) is 2.42. The molecule has 0 aliphatic heterocycles. The van der Waals surface area contributed by atoms with Crippen LogP contribution in [0, 0.1) is 0 Å². The number of carbonyl (C=O) groups excluding carboxylic acids is 3. The van der Waals surface area contributed by atoms with Crippen molar-refractivity contribution in [2.75, 3.05) is 19.5 Å². The quantitative estimate of drug-likeness (QED) is 0.557. The predicted molar refractivity (Wildman–Crippen MR) is 111 cm³/mol. The molecule has 0 fully saturated rings. The Kier molecular flexibility index (Phi) is 6.88. The number of hydrogen-bond acceptors (Lipinski definition) is 7. The molecule has 1 aromatic heterocycles. The number of hydrogen-bond donors (Lipinski definition) is 1. The van der Waals surface area contributed by atoms with Gasteiger partial charge in [0, 0.05) is 16.9 Å². The van der Waals surface area contributed by atoms with Crippen LogP contribution in [-0.2, 0) is 16.2 Å². The van der Waals surface area contributed by atoms with E-state index in [-0.39, 0.29) is 29.2 Å². The molecule has 0 aliphatic rings. The fourth-order valence-electron chi connectivity index (χ4n) is 2.59. The Morgan fingerprint density at radius 3 is 2.16 bits per heavy atom. The molecule has 1 N–H and O–H groups in total. The summed E-state index contributed by atoms with van der Waals surface area (Å²) in [6, 6.07) is 12.4. The van der Waals surface area contributed by atoms with E-state index in [1.807, 2.05) is 0 Å². The number of rotatable bonds is 7. The third kappa shape index (κ3) is 5.61. The van der Waals surface area contributed by atoms with E-state index in [2.05, 4.69) is 19.9 Å². The van der Waals surface area contributed by atoms with E-state index in [1.165, 1.54) is 43.2 Å². The second-order valence-corrected chi connectivity index (χ2v) is 6.64. The molecule has 0 saturated heterocycles. The van der Waals surface area contributed by atoms with Crippen molar-refractivity contribution in [1.82, 2.24) is 9.78 Å². The number of ether oxygens (including phenoxy) is 3. The van der Waals surface area contributed by atoms with Crippen molar-refractivity contribution in [1.29, 1.82) is 0 Å². The van der Waals surface area contributed by atoms with E-state index in [0.717, 1.165) is 0 Å². The van der Waals surface area contributed by atoms with Crippen LogP contribution in [0.2, 0.25) is 5.02 Å². The maximum absolute atomic E-state index is 12.6. The van der Waals surface area contributed by atoms with Gasteiger partial charge >= 0.3 is 11.9 Å². The van der Waals surface area contributed by atoms with Crippen LogP contribution in [0.15, 0.2) is 54.7 Å². The van der Waals surface area contributed by atoms with Gasteiger partial charge in [-0.1, -0.05) is 11.6 Å². The average molecular weight is 444 g/mol. The molecule has 31 heavy (non-hydrogen) atoms. The number of carbonyl (C=O) groups is 3. The molecule has 0 radical (unpaired) electrons. The molecule has 0 saturated carbocycles. The lowest BCUT2D eigenvalue weighted by atomic mass is 10.1. The number of amides is 1. The van der Waals surface area contributed by atoms with Crippen LogP contribution >= 0.6 is 11.6 Å². The minimum Gasteiger partial charge on any atom is -0.471 e. The van der Waals surface area contributed by atoms with E-state index in [9.17, 15) is 14.4 Å². The van der Waals surface area contributed by atoms with Gasteiger partial charge in [-0.3, -0.25) is 4.79 Å². The molecule has 0 spiro atoms. The smallest absolute Gasteiger partial charge is 0.337 e. The van der Waals surface area contributed by atoms with Crippen LogP contribution in [0.5, 0.6) is 5.75 Å². The lowest BCUT2D eigenvalue weighted by molar-refractivity contribution is 0.0599. The number of esters is 2. The van der Waals surface area contributed by atoms with Gasteiger partial charge in [-0.05, 0) is 48.5 Å². The maximum atomic E-state index is 12.6. The van der Waals surface area contributed by atoms with Crippen LogP contribution in [-0.4, -0.2) is 41.8 Å². The first-order chi connectivity index (χ1) is 14.9. The van der Waals surface area contributed by atoms with Crippen LogP contribution < -0.4 is 10.1 Å². The Balaban J connectivity index is 1.71. The fraction of sp³-hybridized carbons (Fsp3) is 0.143. The van der Waals surface area contributed by atoms with Gasteiger partial charge in [0.2, 0.25) is 0 Å². The lowest BCUT2D eigenvalue weighted by Crippen LogP contribution is -2.16. The van der Waals surface area contributed by atoms with Crippen LogP contribution in [0.3, 0.4) is 0 Å². The third-order valence-electron chi connectivity index (χ3n) is 4.08. The van der Waals surface area contributed by atoms with Gasteiger partial charge in [-0.15, -0.1) is 0 Å². The van der Waals surface area contributed by atoms with Crippen molar-refractivity contribution < 1.29 is 28.6 Å². The lowest BCUT2D eigenvalue weighted by Gasteiger charge is -2.09. The van der Waals surface area contributed by atoms with Gasteiger partial charge < -0.3 is 19.5 Å². The summed E-state index contributed by atoms with van der Waals surface area (Å²) < 4.78 is 16.4. The number of nitrogens with zero attached hydrogens (tertiary/aromatic N) is 2. The highest BCUT2D eigenvalue weighted by Crippen LogP contribution is 2.18. The van der Waals surface area contributed by atoms with Crippen molar-refractivity contribution in [3.8, 4) is 5.75 Å². The van der Waals surface area contributed by atoms with Crippen LogP contribution in [0.25, 0.3) is 0 Å². The van der Waals surface area contributed by atoms with Gasteiger partial charge in [0.15, 0.2) is 12.4 Å². The first-order valence-electron chi connectivity index (χ1n) is 8.94. The number of nitrogens with one attached hydrogen (secondary N) is 1. The topological polar surface area (TPSA) is 109 Å². The molecule has 0 atom stereocenters. The van der Waals surface area contributed by atoms with Gasteiger partial charge in [0.1, 0.15) is 5.75 Å². The second-order valence-electron chi connectivity index (χ2n) is 6.20. The normalized spacial score (nSPS) is 10.3. The standard InChI is InChI=1S/C21H18ClN3O6/c1-29-20(27)13-9-14(21(28)30-2)11-16(10-13)23-19(26)18-7-8-25(24-18)12-31-17-5-3-15(22)4-6-17/h3-11H,12H2,1-2H3,(H,23,26). The van der Waals surface area contributed by atoms with Crippen LogP contribution in [0.4, 0.5) is 5.69 Å². The zero-order chi connectivity index (χ0) is 22.4. The number of aromatic nitrogens is 2. The van der Waals surface area contributed by atoms with Gasteiger partial charge in [0.25, 0.3) is 5.91 Å². The Morgan fingerprint density at radius 1 is 0.968 bits per heavy atom. The first-order valence-corrected chi connectivity index (χ1v) is 9.32. The zero-order valence-electron chi connectivity index (χ0n) is 16.6. The van der Waals surface area contributed by atoms with Crippen molar-refractivity contribution >= 4 is 35.1 Å². The summed E-state index contributed by atoms with van der Waals surface area (Å²) in [5.74, 6) is -1.27. The molecule has 3 rings (SSSR count). The fourth-order valence-corrected chi connectivity index (χ4v) is 2.72. The molecule has 10 heteroatoms. The highest BCUT2D eigenvalue weighted by Gasteiger charge is 2.16. The molecule has 0 aliphatic carbocycles. The summed E-state index contributed by atoms with van der Waals surface area (Å²) in [5.41, 5.74) is 0.494. The Bertz CT molecular complexity index is 1080. The van der Waals surface area contributed by atoms with Crippen molar-refractivity contribution in [2.24, 2.45) is 0 Å². The zero-order valence-corrected chi connectivity index (χ0v) is 17.4. The summed E-state index contributed by atoms with van der Waals surface area (Å²) in [6.07, 6.45) is 1.58. The summed E-state index contributed by atoms with van der Waals surface area (Å²) in [6.45, 7) is 0.0826. The molecule has 1 amide bonds. The monoisotopic (exact) mass is 443 g/mol. The van der Waals surface area contributed by atoms with E-state index in [0.29, 0.717) is 10.8 Å². The minimum absolute atomic E-state index is 0.0826. The average Bonchev–Trinajstić information content (AvgIpc) is 3.26. The molecule has 9 nitrogen and oxygen atoms in total. The second kappa shape index (κ2) is 9.77. The summed E-state index contributed by atoms with van der Waals surface area (Å²) >= 11 is 5.84. The maximum Gasteiger partial charge on any atom is 0.337 e. The Morgan fingerprint density at radius 2 is 1.58 bits per heavy atom. The van der Waals surface area contributed by atoms with E-state index in [4.69, 9.17) is 16.3 Å². The molecular weight excluding hydrogens is 426 g/mol. The molecule has 1 heterocycles. The largest absolute Gasteiger partial charge is 0.471 e. The van der Waals surface area contributed by atoms with Crippen LogP contribution in [0.1, 0.15) is 31.2 Å². The predicted octanol–water partition coefficient (Wildman–Crippen LogP) is 3.40. The minimum atomic E-state index is -0.662. The molecular formula is C21H18ClN3O6.